The first-order chi connectivity index (χ1) is 15.3. The highest BCUT2D eigenvalue weighted by Crippen LogP contribution is 2.45. The van der Waals surface area contributed by atoms with Gasteiger partial charge in [0, 0.05) is 16.1 Å². The lowest BCUT2D eigenvalue weighted by molar-refractivity contribution is -0.136. The summed E-state index contributed by atoms with van der Waals surface area (Å²) in [5.74, 6) is -0.217. The minimum Gasteiger partial charge on any atom is -0.494 e. The second-order valence-corrected chi connectivity index (χ2v) is 8.33. The van der Waals surface area contributed by atoms with Crippen LogP contribution in [-0.4, -0.2) is 23.4 Å². The predicted molar refractivity (Wildman–Crippen MR) is 124 cm³/mol. The number of halogens is 1. The van der Waals surface area contributed by atoms with Gasteiger partial charge in [0.1, 0.15) is 5.75 Å². The Hall–Kier alpha value is -3.15. The molecule has 0 bridgehead atoms. The van der Waals surface area contributed by atoms with Crippen molar-refractivity contribution in [1.29, 1.82) is 0 Å². The van der Waals surface area contributed by atoms with Crippen LogP contribution in [0.2, 0.25) is 5.02 Å². The molecular weight excluding hydrogens is 426 g/mol. The lowest BCUT2D eigenvalue weighted by atomic mass is 9.88. The number of Topliss-reactive ketones (excluding diaryl/α,β-unsaturated/α-hetero) is 1. The van der Waals surface area contributed by atoms with E-state index in [0.717, 1.165) is 11.1 Å². The molecule has 1 aliphatic heterocycles. The number of hydrogen-bond acceptors (Lipinski definition) is 4. The van der Waals surface area contributed by atoms with Crippen molar-refractivity contribution in [2.24, 2.45) is 0 Å². The topological polar surface area (TPSA) is 66.8 Å². The third-order valence-corrected chi connectivity index (χ3v) is 6.02. The first-order valence-corrected chi connectivity index (χ1v) is 10.9. The quantitative estimate of drug-likeness (QED) is 0.512. The fourth-order valence-corrected chi connectivity index (χ4v) is 4.22. The Kier molecular flexibility index (Phi) is 6.04. The van der Waals surface area contributed by atoms with Crippen molar-refractivity contribution >= 4 is 29.0 Å². The van der Waals surface area contributed by atoms with Gasteiger partial charge in [-0.2, -0.15) is 0 Å². The van der Waals surface area contributed by atoms with E-state index in [1.165, 1.54) is 4.90 Å². The zero-order valence-corrected chi connectivity index (χ0v) is 18.7. The molecule has 0 radical (unpaired) electrons. The van der Waals surface area contributed by atoms with Crippen LogP contribution in [0.15, 0.2) is 66.7 Å². The minimum absolute atomic E-state index is 0.291. The molecule has 0 fully saturated rings. The summed E-state index contributed by atoms with van der Waals surface area (Å²) in [5, 5.41) is 11.9. The maximum absolute atomic E-state index is 13.5. The second-order valence-electron chi connectivity index (χ2n) is 7.90. The lowest BCUT2D eigenvalue weighted by Crippen LogP contribution is -2.41. The Morgan fingerprint density at radius 1 is 1.09 bits per heavy atom. The van der Waals surface area contributed by atoms with Crippen LogP contribution in [0.4, 0.5) is 5.69 Å². The van der Waals surface area contributed by atoms with Crippen LogP contribution in [-0.2, 0) is 16.9 Å². The molecule has 1 heterocycles. The highest BCUT2D eigenvalue weighted by Gasteiger charge is 2.51. The summed E-state index contributed by atoms with van der Waals surface area (Å²) in [5.41, 5.74) is 1.32. The van der Waals surface area contributed by atoms with E-state index in [9.17, 15) is 14.7 Å². The largest absolute Gasteiger partial charge is 0.494 e. The van der Waals surface area contributed by atoms with E-state index in [4.69, 9.17) is 16.3 Å². The number of amides is 1. The average Bonchev–Trinajstić information content (AvgIpc) is 2.97. The molecule has 0 spiro atoms. The van der Waals surface area contributed by atoms with Gasteiger partial charge in [0.25, 0.3) is 5.91 Å². The number of carbonyl (C=O) groups is 2. The van der Waals surface area contributed by atoms with Gasteiger partial charge < -0.3 is 14.7 Å². The van der Waals surface area contributed by atoms with Gasteiger partial charge >= 0.3 is 0 Å². The van der Waals surface area contributed by atoms with Gasteiger partial charge in [-0.25, -0.2) is 0 Å². The molecule has 0 saturated carbocycles. The molecule has 164 valence electrons. The van der Waals surface area contributed by atoms with Crippen molar-refractivity contribution in [1.82, 2.24) is 0 Å². The van der Waals surface area contributed by atoms with E-state index in [2.05, 4.69) is 0 Å². The van der Waals surface area contributed by atoms with Gasteiger partial charge in [0.15, 0.2) is 11.4 Å². The molecular formula is C26H24ClNO4. The van der Waals surface area contributed by atoms with E-state index in [1.54, 1.807) is 42.5 Å². The van der Waals surface area contributed by atoms with Gasteiger partial charge in [-0.05, 0) is 67.4 Å². The number of nitrogens with zero attached hydrogens (tertiary/aromatic N) is 1. The van der Waals surface area contributed by atoms with Crippen molar-refractivity contribution in [3.63, 3.8) is 0 Å². The summed E-state index contributed by atoms with van der Waals surface area (Å²) >= 11 is 6.19. The van der Waals surface area contributed by atoms with Crippen molar-refractivity contribution < 1.29 is 19.4 Å². The number of aliphatic hydroxyl groups is 1. The normalized spacial score (nSPS) is 17.4. The van der Waals surface area contributed by atoms with Gasteiger partial charge in [-0.3, -0.25) is 9.59 Å². The fraction of sp³-hybridized carbons (Fsp3) is 0.231. The number of ketones is 1. The molecule has 3 aromatic rings. The first kappa shape index (κ1) is 22.1. The Bertz CT molecular complexity index is 1170. The SMILES string of the molecule is CCOc1ccc(C(=O)C[C@]2(O)C(=O)N(Cc3ccccc3C)c3ccc(Cl)cc32)cc1. The van der Waals surface area contributed by atoms with Crippen molar-refractivity contribution in [3.8, 4) is 5.75 Å². The van der Waals surface area contributed by atoms with E-state index in [0.29, 0.717) is 40.7 Å². The molecule has 0 aromatic heterocycles. The van der Waals surface area contributed by atoms with Crippen LogP contribution in [0.1, 0.15) is 40.4 Å². The molecule has 0 aliphatic carbocycles. The van der Waals surface area contributed by atoms with Crippen LogP contribution in [0.25, 0.3) is 0 Å². The number of carbonyl (C=O) groups excluding carboxylic acids is 2. The van der Waals surface area contributed by atoms with Crippen LogP contribution >= 0.6 is 11.6 Å². The van der Waals surface area contributed by atoms with Crippen molar-refractivity contribution in [2.45, 2.75) is 32.4 Å². The van der Waals surface area contributed by atoms with E-state index in [1.807, 2.05) is 38.1 Å². The summed E-state index contributed by atoms with van der Waals surface area (Å²) in [7, 11) is 0. The molecule has 6 heteroatoms. The summed E-state index contributed by atoms with van der Waals surface area (Å²) < 4.78 is 5.41. The molecule has 32 heavy (non-hydrogen) atoms. The molecule has 1 atom stereocenters. The Balaban J connectivity index is 1.67. The highest BCUT2D eigenvalue weighted by molar-refractivity contribution is 6.31. The molecule has 0 unspecified atom stereocenters. The lowest BCUT2D eigenvalue weighted by Gasteiger charge is -2.23. The van der Waals surface area contributed by atoms with E-state index in [-0.39, 0.29) is 12.2 Å². The first-order valence-electron chi connectivity index (χ1n) is 10.5. The second kappa shape index (κ2) is 8.77. The minimum atomic E-state index is -1.99. The Morgan fingerprint density at radius 3 is 2.50 bits per heavy atom. The summed E-state index contributed by atoms with van der Waals surface area (Å²) in [6, 6.07) is 19.4. The number of benzene rings is 3. The third kappa shape index (κ3) is 4.01. The van der Waals surface area contributed by atoms with Crippen LogP contribution < -0.4 is 9.64 Å². The molecule has 1 N–H and O–H groups in total. The molecule has 1 aliphatic rings. The number of aryl methyl sites for hydroxylation is 1. The zero-order chi connectivity index (χ0) is 22.9. The summed E-state index contributed by atoms with van der Waals surface area (Å²) in [6.07, 6.45) is -0.378. The standard InChI is InChI=1S/C26H24ClNO4/c1-3-32-21-11-8-18(9-12-21)24(29)15-26(31)22-14-20(27)10-13-23(22)28(25(26)30)16-19-7-5-4-6-17(19)2/h4-14,31H,3,15-16H2,1-2H3/t26-/m1/s1. The van der Waals surface area contributed by atoms with Crippen LogP contribution in [0.3, 0.4) is 0 Å². The summed E-state index contributed by atoms with van der Waals surface area (Å²) in [6.45, 7) is 4.67. The Morgan fingerprint density at radius 2 is 1.81 bits per heavy atom. The number of anilines is 1. The number of hydrogen-bond donors (Lipinski definition) is 1. The van der Waals surface area contributed by atoms with Crippen LogP contribution in [0, 0.1) is 6.92 Å². The van der Waals surface area contributed by atoms with Gasteiger partial charge in [0.05, 0.1) is 25.3 Å². The van der Waals surface area contributed by atoms with Gasteiger partial charge in [-0.1, -0.05) is 35.9 Å². The van der Waals surface area contributed by atoms with Gasteiger partial charge in [-0.15, -0.1) is 0 Å². The smallest absolute Gasteiger partial charge is 0.264 e. The maximum atomic E-state index is 13.5. The maximum Gasteiger partial charge on any atom is 0.264 e. The van der Waals surface area contributed by atoms with Gasteiger partial charge in [0.2, 0.25) is 0 Å². The average molecular weight is 450 g/mol. The Labute approximate surface area is 192 Å². The fourth-order valence-electron chi connectivity index (χ4n) is 4.05. The highest BCUT2D eigenvalue weighted by atomic mass is 35.5. The molecule has 3 aromatic carbocycles. The van der Waals surface area contributed by atoms with Crippen molar-refractivity contribution in [3.05, 3.63) is 94.0 Å². The molecule has 4 rings (SSSR count). The third-order valence-electron chi connectivity index (χ3n) is 5.79. The number of ether oxygens (including phenoxy) is 1. The molecule has 1 amide bonds. The predicted octanol–water partition coefficient (Wildman–Crippen LogP) is 5.05. The van der Waals surface area contributed by atoms with E-state index >= 15 is 0 Å². The molecule has 0 saturated heterocycles. The van der Waals surface area contributed by atoms with E-state index < -0.39 is 11.5 Å². The number of fused-ring (bicyclic) bond motifs is 1. The van der Waals surface area contributed by atoms with Crippen LogP contribution in [0.5, 0.6) is 5.75 Å². The summed E-state index contributed by atoms with van der Waals surface area (Å²) in [4.78, 5) is 28.0. The monoisotopic (exact) mass is 449 g/mol. The zero-order valence-electron chi connectivity index (χ0n) is 18.0. The molecule has 5 nitrogen and oxygen atoms in total. The van der Waals surface area contributed by atoms with Crippen molar-refractivity contribution in [2.75, 3.05) is 11.5 Å². The number of rotatable bonds is 7.